The molecule has 0 aliphatic heterocycles. The maximum Gasteiger partial charge on any atom is 0.151 e. The van der Waals surface area contributed by atoms with Gasteiger partial charge in [0.15, 0.2) is 5.78 Å². The van der Waals surface area contributed by atoms with Crippen LogP contribution in [0.1, 0.15) is 24.1 Å². The van der Waals surface area contributed by atoms with E-state index in [1.54, 1.807) is 6.92 Å². The van der Waals surface area contributed by atoms with Gasteiger partial charge in [0.05, 0.1) is 6.04 Å². The van der Waals surface area contributed by atoms with E-state index < -0.39 is 0 Å². The van der Waals surface area contributed by atoms with Crippen molar-refractivity contribution in [2.24, 2.45) is 0 Å². The zero-order valence-electron chi connectivity index (χ0n) is 11.2. The molecule has 2 nitrogen and oxygen atoms in total. The number of benzene rings is 2. The van der Waals surface area contributed by atoms with Crippen LogP contribution in [-0.4, -0.2) is 12.3 Å². The van der Waals surface area contributed by atoms with E-state index in [1.165, 1.54) is 5.56 Å². The predicted octanol–water partition coefficient (Wildman–Crippen LogP) is 3.15. The van der Waals surface area contributed by atoms with Crippen molar-refractivity contribution in [2.45, 2.75) is 19.4 Å². The average molecular weight is 253 g/mol. The number of hydrogen-bond donors (Lipinski definition) is 1. The van der Waals surface area contributed by atoms with Gasteiger partial charge in [0.1, 0.15) is 0 Å². The van der Waals surface area contributed by atoms with Gasteiger partial charge in [-0.15, -0.1) is 0 Å². The number of carbonyl (C=O) groups excluding carboxylic acids is 1. The normalized spacial score (nSPS) is 12.1. The van der Waals surface area contributed by atoms with Crippen molar-refractivity contribution in [2.75, 3.05) is 6.54 Å². The van der Waals surface area contributed by atoms with E-state index in [-0.39, 0.29) is 11.8 Å². The molecule has 0 radical (unpaired) electrons. The first-order valence-corrected chi connectivity index (χ1v) is 6.60. The van der Waals surface area contributed by atoms with Crippen LogP contribution in [0, 0.1) is 0 Å². The van der Waals surface area contributed by atoms with Crippen LogP contribution in [0.4, 0.5) is 0 Å². The molecule has 0 aliphatic rings. The van der Waals surface area contributed by atoms with Gasteiger partial charge in [0.25, 0.3) is 0 Å². The lowest BCUT2D eigenvalue weighted by molar-refractivity contribution is -0.119. The van der Waals surface area contributed by atoms with Gasteiger partial charge in [-0.25, -0.2) is 0 Å². The third-order valence-electron chi connectivity index (χ3n) is 3.14. The fraction of sp³-hybridized carbons (Fsp3) is 0.235. The van der Waals surface area contributed by atoms with Crippen LogP contribution >= 0.6 is 0 Å². The molecule has 0 bridgehead atoms. The van der Waals surface area contributed by atoms with Crippen LogP contribution in [0.3, 0.4) is 0 Å². The fourth-order valence-electron chi connectivity index (χ4n) is 2.15. The maximum atomic E-state index is 11.7. The Bertz CT molecular complexity index is 507. The van der Waals surface area contributed by atoms with Crippen molar-refractivity contribution in [1.29, 1.82) is 0 Å². The highest BCUT2D eigenvalue weighted by atomic mass is 16.1. The van der Waals surface area contributed by atoms with E-state index in [0.717, 1.165) is 18.5 Å². The second-order valence-corrected chi connectivity index (χ2v) is 4.64. The molecule has 1 unspecified atom stereocenters. The summed E-state index contributed by atoms with van der Waals surface area (Å²) in [5.41, 5.74) is 2.31. The Hall–Kier alpha value is -1.93. The zero-order valence-corrected chi connectivity index (χ0v) is 11.2. The summed E-state index contributed by atoms with van der Waals surface area (Å²) in [6.45, 7) is 2.43. The smallest absolute Gasteiger partial charge is 0.151 e. The number of nitrogens with one attached hydrogen (secondary N) is 1. The molecule has 0 aliphatic carbocycles. The summed E-state index contributed by atoms with van der Waals surface area (Å²) in [6.07, 6.45) is 0.928. The molecule has 0 aromatic heterocycles. The molecule has 0 saturated carbocycles. The monoisotopic (exact) mass is 253 g/mol. The van der Waals surface area contributed by atoms with E-state index in [9.17, 15) is 4.79 Å². The van der Waals surface area contributed by atoms with Gasteiger partial charge in [-0.1, -0.05) is 60.7 Å². The molecule has 1 N–H and O–H groups in total. The first kappa shape index (κ1) is 13.5. The molecular weight excluding hydrogens is 234 g/mol. The molecular formula is C17H19NO. The lowest BCUT2D eigenvalue weighted by Gasteiger charge is -2.16. The van der Waals surface area contributed by atoms with Crippen molar-refractivity contribution in [1.82, 2.24) is 5.32 Å². The van der Waals surface area contributed by atoms with Gasteiger partial charge in [0.2, 0.25) is 0 Å². The Morgan fingerprint density at radius 3 is 2.16 bits per heavy atom. The molecule has 0 fully saturated rings. The van der Waals surface area contributed by atoms with Crippen molar-refractivity contribution in [3.8, 4) is 0 Å². The Kier molecular flexibility index (Phi) is 4.87. The summed E-state index contributed by atoms with van der Waals surface area (Å²) in [7, 11) is 0. The second kappa shape index (κ2) is 6.86. The minimum atomic E-state index is -0.204. The van der Waals surface area contributed by atoms with Crippen molar-refractivity contribution >= 4 is 5.78 Å². The molecule has 0 spiro atoms. The molecule has 2 aromatic rings. The van der Waals surface area contributed by atoms with Gasteiger partial charge >= 0.3 is 0 Å². The van der Waals surface area contributed by atoms with Crippen molar-refractivity contribution in [3.63, 3.8) is 0 Å². The number of ketones is 1. The highest BCUT2D eigenvalue weighted by Gasteiger charge is 2.14. The first-order valence-electron chi connectivity index (χ1n) is 6.60. The lowest BCUT2D eigenvalue weighted by atomic mass is 10.0. The summed E-state index contributed by atoms with van der Waals surface area (Å²) in [5, 5.41) is 3.33. The fourth-order valence-corrected chi connectivity index (χ4v) is 2.15. The topological polar surface area (TPSA) is 29.1 Å². The van der Waals surface area contributed by atoms with Gasteiger partial charge < -0.3 is 5.32 Å². The van der Waals surface area contributed by atoms with Crippen LogP contribution < -0.4 is 5.32 Å². The van der Waals surface area contributed by atoms with Crippen molar-refractivity contribution < 1.29 is 4.79 Å². The van der Waals surface area contributed by atoms with Gasteiger partial charge in [-0.3, -0.25) is 4.79 Å². The van der Waals surface area contributed by atoms with Crippen LogP contribution in [0.5, 0.6) is 0 Å². The quantitative estimate of drug-likeness (QED) is 0.857. The average Bonchev–Trinajstić information content (AvgIpc) is 2.45. The van der Waals surface area contributed by atoms with Gasteiger partial charge in [-0.05, 0) is 24.5 Å². The van der Waals surface area contributed by atoms with E-state index in [2.05, 4.69) is 17.4 Å². The zero-order chi connectivity index (χ0) is 13.5. The third-order valence-corrected chi connectivity index (χ3v) is 3.14. The molecule has 2 aromatic carbocycles. The summed E-state index contributed by atoms with van der Waals surface area (Å²) >= 11 is 0. The number of carbonyl (C=O) groups is 1. The number of rotatable bonds is 6. The van der Waals surface area contributed by atoms with E-state index in [4.69, 9.17) is 0 Å². The maximum absolute atomic E-state index is 11.7. The highest BCUT2D eigenvalue weighted by Crippen LogP contribution is 2.13. The minimum absolute atomic E-state index is 0.152. The van der Waals surface area contributed by atoms with Crippen LogP contribution in [0.25, 0.3) is 0 Å². The standard InChI is InChI=1S/C17H19NO/c1-14(19)17(16-10-6-3-7-11-16)18-13-12-15-8-4-2-5-9-15/h2-11,17-18H,12-13H2,1H3. The van der Waals surface area contributed by atoms with Gasteiger partial charge in [0, 0.05) is 6.54 Å². The van der Waals surface area contributed by atoms with Crippen molar-refractivity contribution in [3.05, 3.63) is 71.8 Å². The molecule has 1 atom stereocenters. The second-order valence-electron chi connectivity index (χ2n) is 4.64. The van der Waals surface area contributed by atoms with Gasteiger partial charge in [-0.2, -0.15) is 0 Å². The van der Waals surface area contributed by atoms with E-state index in [0.29, 0.717) is 0 Å². The number of hydrogen-bond acceptors (Lipinski definition) is 2. The molecule has 0 amide bonds. The summed E-state index contributed by atoms with van der Waals surface area (Å²) in [6, 6.07) is 20.0. The first-order chi connectivity index (χ1) is 9.27. The molecule has 98 valence electrons. The van der Waals surface area contributed by atoms with Crippen LogP contribution in [0.15, 0.2) is 60.7 Å². The Balaban J connectivity index is 1.94. The molecule has 0 saturated heterocycles. The van der Waals surface area contributed by atoms with Crippen LogP contribution in [0.2, 0.25) is 0 Å². The summed E-state index contributed by atoms with van der Waals surface area (Å²) < 4.78 is 0. The van der Waals surface area contributed by atoms with E-state index in [1.807, 2.05) is 48.5 Å². The summed E-state index contributed by atoms with van der Waals surface area (Å²) in [5.74, 6) is 0.152. The van der Waals surface area contributed by atoms with Crippen LogP contribution in [-0.2, 0) is 11.2 Å². The lowest BCUT2D eigenvalue weighted by Crippen LogP contribution is -2.28. The Morgan fingerprint density at radius 1 is 1.00 bits per heavy atom. The SMILES string of the molecule is CC(=O)C(NCCc1ccccc1)c1ccccc1. The third kappa shape index (κ3) is 4.04. The Morgan fingerprint density at radius 2 is 1.58 bits per heavy atom. The predicted molar refractivity (Wildman–Crippen MR) is 78.0 cm³/mol. The summed E-state index contributed by atoms with van der Waals surface area (Å²) in [4.78, 5) is 11.7. The number of Topliss-reactive ketones (excluding diaryl/α,β-unsaturated/α-hetero) is 1. The minimum Gasteiger partial charge on any atom is -0.303 e. The molecule has 0 heterocycles. The molecule has 2 heteroatoms. The Labute approximate surface area is 114 Å². The van der Waals surface area contributed by atoms with E-state index >= 15 is 0 Å². The highest BCUT2D eigenvalue weighted by molar-refractivity contribution is 5.82. The molecule has 2 rings (SSSR count). The largest absolute Gasteiger partial charge is 0.303 e. The molecule has 19 heavy (non-hydrogen) atoms.